The molecule has 5 nitrogen and oxygen atoms in total. The zero-order valence-electron chi connectivity index (χ0n) is 19.8. The van der Waals surface area contributed by atoms with Gasteiger partial charge < -0.3 is 14.8 Å². The third kappa shape index (κ3) is 4.11. The highest BCUT2D eigenvalue weighted by Crippen LogP contribution is 2.45. The Morgan fingerprint density at radius 1 is 1.18 bits per heavy atom. The number of hydrogen-bond donors (Lipinski definition) is 1. The lowest BCUT2D eigenvalue weighted by atomic mass is 9.72. The summed E-state index contributed by atoms with van der Waals surface area (Å²) in [5, 5.41) is 4.61. The van der Waals surface area contributed by atoms with E-state index in [2.05, 4.69) is 66.2 Å². The maximum Gasteiger partial charge on any atom is 0.131 e. The molecule has 2 aromatic carbocycles. The average Bonchev–Trinajstić information content (AvgIpc) is 2.85. The number of ether oxygens (including phenoxy) is 2. The lowest BCUT2D eigenvalue weighted by Crippen LogP contribution is -2.63. The van der Waals surface area contributed by atoms with E-state index >= 15 is 0 Å². The smallest absolute Gasteiger partial charge is 0.131 e. The fourth-order valence-electron chi connectivity index (χ4n) is 5.62. The second kappa shape index (κ2) is 8.81. The first kappa shape index (κ1) is 21.9. The van der Waals surface area contributed by atoms with Crippen molar-refractivity contribution in [1.29, 1.82) is 0 Å². The van der Waals surface area contributed by atoms with Crippen LogP contribution in [0.25, 0.3) is 10.9 Å². The molecule has 0 spiro atoms. The summed E-state index contributed by atoms with van der Waals surface area (Å²) in [5.74, 6) is 2.86. The SMILES string of the molecule is C=C[C@@H]1CN2CC[C@H]1C[C@@]2(Cc1cc(Nc2ccc(C)cc2)nc2ccc(OC)cc12)OC. The van der Waals surface area contributed by atoms with Crippen molar-refractivity contribution in [3.63, 3.8) is 0 Å². The van der Waals surface area contributed by atoms with E-state index in [1.54, 1.807) is 7.11 Å². The minimum atomic E-state index is -0.305. The van der Waals surface area contributed by atoms with E-state index in [4.69, 9.17) is 14.5 Å². The molecule has 0 radical (unpaired) electrons. The molecule has 172 valence electrons. The molecule has 3 aliphatic heterocycles. The Kier molecular flexibility index (Phi) is 5.85. The van der Waals surface area contributed by atoms with Gasteiger partial charge in [0.25, 0.3) is 0 Å². The summed E-state index contributed by atoms with van der Waals surface area (Å²) in [4.78, 5) is 7.44. The van der Waals surface area contributed by atoms with E-state index in [0.29, 0.717) is 11.8 Å². The zero-order valence-corrected chi connectivity index (χ0v) is 19.8. The quantitative estimate of drug-likeness (QED) is 0.474. The van der Waals surface area contributed by atoms with Gasteiger partial charge in [0.1, 0.15) is 17.3 Å². The molecule has 4 heterocycles. The molecule has 3 saturated heterocycles. The van der Waals surface area contributed by atoms with Crippen molar-refractivity contribution in [3.05, 3.63) is 72.3 Å². The molecule has 3 aromatic rings. The first-order valence-electron chi connectivity index (χ1n) is 11.8. The van der Waals surface area contributed by atoms with Gasteiger partial charge in [-0.15, -0.1) is 6.58 Å². The van der Waals surface area contributed by atoms with Crippen LogP contribution in [0, 0.1) is 18.8 Å². The summed E-state index contributed by atoms with van der Waals surface area (Å²) in [6.07, 6.45) is 5.17. The molecular weight excluding hydrogens is 410 g/mol. The van der Waals surface area contributed by atoms with E-state index in [9.17, 15) is 0 Å². The van der Waals surface area contributed by atoms with Crippen molar-refractivity contribution in [3.8, 4) is 5.75 Å². The Labute approximate surface area is 196 Å². The molecule has 3 aliphatic rings. The van der Waals surface area contributed by atoms with Crippen molar-refractivity contribution in [2.45, 2.75) is 31.9 Å². The van der Waals surface area contributed by atoms with Crippen LogP contribution in [0.3, 0.4) is 0 Å². The molecule has 1 unspecified atom stereocenters. The largest absolute Gasteiger partial charge is 0.497 e. The minimum Gasteiger partial charge on any atom is -0.497 e. The van der Waals surface area contributed by atoms with Crippen LogP contribution >= 0.6 is 0 Å². The molecule has 1 aromatic heterocycles. The normalized spacial score (nSPS) is 26.3. The van der Waals surface area contributed by atoms with Crippen LogP contribution < -0.4 is 10.1 Å². The van der Waals surface area contributed by atoms with Crippen LogP contribution in [-0.2, 0) is 11.2 Å². The molecule has 2 bridgehead atoms. The van der Waals surface area contributed by atoms with Crippen LogP contribution in [-0.4, -0.2) is 42.9 Å². The molecule has 6 rings (SSSR count). The number of rotatable bonds is 7. The van der Waals surface area contributed by atoms with Crippen LogP contribution in [0.2, 0.25) is 0 Å². The van der Waals surface area contributed by atoms with Crippen molar-refractivity contribution in [2.24, 2.45) is 11.8 Å². The third-order valence-corrected chi connectivity index (χ3v) is 7.54. The Morgan fingerprint density at radius 3 is 2.67 bits per heavy atom. The highest BCUT2D eigenvalue weighted by molar-refractivity contribution is 5.86. The molecule has 0 amide bonds. The summed E-state index contributed by atoms with van der Waals surface area (Å²) in [6.45, 7) is 8.26. The number of anilines is 2. The maximum absolute atomic E-state index is 6.31. The van der Waals surface area contributed by atoms with E-state index < -0.39 is 0 Å². The van der Waals surface area contributed by atoms with Crippen molar-refractivity contribution >= 4 is 22.4 Å². The van der Waals surface area contributed by atoms with Gasteiger partial charge in [-0.05, 0) is 73.6 Å². The van der Waals surface area contributed by atoms with Gasteiger partial charge >= 0.3 is 0 Å². The van der Waals surface area contributed by atoms with Crippen LogP contribution in [0.5, 0.6) is 5.75 Å². The summed E-state index contributed by atoms with van der Waals surface area (Å²) in [7, 11) is 3.57. The monoisotopic (exact) mass is 443 g/mol. The van der Waals surface area contributed by atoms with E-state index in [-0.39, 0.29) is 5.72 Å². The molecule has 0 saturated carbocycles. The molecular formula is C28H33N3O2. The Balaban J connectivity index is 1.55. The number of hydrogen-bond acceptors (Lipinski definition) is 5. The van der Waals surface area contributed by atoms with Crippen LogP contribution in [0.4, 0.5) is 11.5 Å². The second-order valence-corrected chi connectivity index (χ2v) is 9.47. The summed E-state index contributed by atoms with van der Waals surface area (Å²) < 4.78 is 11.8. The molecule has 5 heteroatoms. The van der Waals surface area contributed by atoms with Gasteiger partial charge in [0.05, 0.1) is 12.6 Å². The van der Waals surface area contributed by atoms with Gasteiger partial charge in [-0.1, -0.05) is 23.8 Å². The van der Waals surface area contributed by atoms with Gasteiger partial charge in [0.15, 0.2) is 0 Å². The number of benzene rings is 2. The number of pyridine rings is 1. The Bertz CT molecular complexity index is 1160. The lowest BCUT2D eigenvalue weighted by Gasteiger charge is -2.56. The maximum atomic E-state index is 6.31. The molecule has 0 aliphatic carbocycles. The average molecular weight is 444 g/mol. The number of methoxy groups -OCH3 is 2. The highest BCUT2D eigenvalue weighted by atomic mass is 16.5. The second-order valence-electron chi connectivity index (χ2n) is 9.47. The van der Waals surface area contributed by atoms with Crippen molar-refractivity contribution in [2.75, 3.05) is 32.6 Å². The Hall–Kier alpha value is -2.89. The van der Waals surface area contributed by atoms with E-state index in [1.165, 1.54) is 17.5 Å². The van der Waals surface area contributed by atoms with Gasteiger partial charge in [0.2, 0.25) is 0 Å². The summed E-state index contributed by atoms with van der Waals surface area (Å²) in [5.41, 5.74) is 4.14. The van der Waals surface area contributed by atoms with E-state index in [1.807, 2.05) is 19.2 Å². The van der Waals surface area contributed by atoms with E-state index in [0.717, 1.165) is 54.1 Å². The predicted octanol–water partition coefficient (Wildman–Crippen LogP) is 5.71. The van der Waals surface area contributed by atoms with Crippen molar-refractivity contribution < 1.29 is 9.47 Å². The fraction of sp³-hybridized carbons (Fsp3) is 0.393. The zero-order chi connectivity index (χ0) is 23.0. The number of aryl methyl sites for hydroxylation is 1. The predicted molar refractivity (Wildman–Crippen MR) is 134 cm³/mol. The van der Waals surface area contributed by atoms with Crippen LogP contribution in [0.15, 0.2) is 61.2 Å². The number of nitrogens with zero attached hydrogens (tertiary/aromatic N) is 2. The van der Waals surface area contributed by atoms with Gasteiger partial charge in [-0.25, -0.2) is 4.98 Å². The Morgan fingerprint density at radius 2 is 2.00 bits per heavy atom. The molecule has 4 atom stereocenters. The van der Waals surface area contributed by atoms with Gasteiger partial charge in [0, 0.05) is 37.7 Å². The summed E-state index contributed by atoms with van der Waals surface area (Å²) in [6, 6.07) is 16.7. The number of fused-ring (bicyclic) bond motifs is 4. The fourth-order valence-corrected chi connectivity index (χ4v) is 5.62. The minimum absolute atomic E-state index is 0.305. The molecule has 1 N–H and O–H groups in total. The molecule has 3 fully saturated rings. The standard InChI is InChI=1S/C28H33N3O2/c1-5-20-18-31-13-12-21(20)16-28(31,33-4)17-22-14-27(29-23-8-6-19(2)7-9-23)30-26-11-10-24(32-3)15-25(22)26/h5-11,14-15,20-21H,1,12-13,16-18H2,2-4H3,(H,29,30)/t20-,21+,28+/m1/s1. The first-order chi connectivity index (χ1) is 16.0. The number of nitrogens with one attached hydrogen (secondary N) is 1. The van der Waals surface area contributed by atoms with Gasteiger partial charge in [-0.2, -0.15) is 0 Å². The number of aromatic nitrogens is 1. The summed E-state index contributed by atoms with van der Waals surface area (Å²) >= 11 is 0. The number of piperidine rings is 3. The van der Waals surface area contributed by atoms with Crippen molar-refractivity contribution in [1.82, 2.24) is 9.88 Å². The lowest BCUT2D eigenvalue weighted by molar-refractivity contribution is -0.201. The van der Waals surface area contributed by atoms with Gasteiger partial charge in [-0.3, -0.25) is 4.90 Å². The molecule has 33 heavy (non-hydrogen) atoms. The first-order valence-corrected chi connectivity index (χ1v) is 11.8. The third-order valence-electron chi connectivity index (χ3n) is 7.54. The van der Waals surface area contributed by atoms with Crippen LogP contribution in [0.1, 0.15) is 24.0 Å². The highest BCUT2D eigenvalue weighted by Gasteiger charge is 2.49. The topological polar surface area (TPSA) is 46.6 Å².